The highest BCUT2D eigenvalue weighted by Crippen LogP contribution is 2.33. The van der Waals surface area contributed by atoms with Crippen molar-refractivity contribution in [2.75, 3.05) is 44.7 Å². The summed E-state index contributed by atoms with van der Waals surface area (Å²) in [6, 6.07) is 18.1. The Kier molecular flexibility index (Phi) is 8.79. The summed E-state index contributed by atoms with van der Waals surface area (Å²) in [5.74, 6) is 0. The first-order valence-corrected chi connectivity index (χ1v) is 15.7. The number of piperazine rings is 1. The predicted octanol–water partition coefficient (Wildman–Crippen LogP) is 1.97. The SMILES string of the molecule is CC1O[C@H](CNS(=O)(=O)/C(C#N)=C/c2ccc(-c3ccc4cc(N5CCN(C)CC5)ccc4c3)s2)[C@@H](O)[C@H](O)[C@H]1O. The number of sulfonamides is 1. The molecule has 41 heavy (non-hydrogen) atoms. The molecule has 0 saturated carbocycles. The van der Waals surface area contributed by atoms with Gasteiger partial charge in [-0.3, -0.25) is 0 Å². The lowest BCUT2D eigenvalue weighted by Gasteiger charge is -2.39. The molecule has 0 amide bonds. The molecule has 0 bridgehead atoms. The van der Waals surface area contributed by atoms with Gasteiger partial charge in [0.1, 0.15) is 30.5 Å². The lowest BCUT2D eigenvalue weighted by molar-refractivity contribution is -0.214. The summed E-state index contributed by atoms with van der Waals surface area (Å²) in [7, 11) is -2.09. The number of benzene rings is 2. The van der Waals surface area contributed by atoms with E-state index in [9.17, 15) is 29.0 Å². The van der Waals surface area contributed by atoms with E-state index in [1.165, 1.54) is 30.0 Å². The van der Waals surface area contributed by atoms with Crippen LogP contribution in [-0.4, -0.2) is 98.9 Å². The number of fused-ring (bicyclic) bond motifs is 1. The van der Waals surface area contributed by atoms with Crippen LogP contribution in [0.1, 0.15) is 11.8 Å². The number of aliphatic hydroxyl groups excluding tert-OH is 3. The van der Waals surface area contributed by atoms with E-state index in [1.54, 1.807) is 12.1 Å². The van der Waals surface area contributed by atoms with Crippen molar-refractivity contribution in [3.8, 4) is 16.5 Å². The van der Waals surface area contributed by atoms with Crippen LogP contribution >= 0.6 is 11.3 Å². The summed E-state index contributed by atoms with van der Waals surface area (Å²) in [6.45, 7) is 5.24. The topological polar surface area (TPSA) is 146 Å². The molecule has 2 aliphatic heterocycles. The molecule has 0 aliphatic carbocycles. The van der Waals surface area contributed by atoms with Gasteiger partial charge in [-0.25, -0.2) is 13.1 Å². The number of allylic oxidation sites excluding steroid dienone is 1. The van der Waals surface area contributed by atoms with Crippen molar-refractivity contribution in [2.24, 2.45) is 0 Å². The van der Waals surface area contributed by atoms with Crippen molar-refractivity contribution in [2.45, 2.75) is 37.4 Å². The van der Waals surface area contributed by atoms with Crippen molar-refractivity contribution in [1.29, 1.82) is 5.26 Å². The Morgan fingerprint density at radius 3 is 2.49 bits per heavy atom. The van der Waals surface area contributed by atoms with Gasteiger partial charge in [0.2, 0.25) is 0 Å². The molecule has 10 nitrogen and oxygen atoms in total. The Morgan fingerprint density at radius 2 is 1.76 bits per heavy atom. The lowest BCUT2D eigenvalue weighted by Crippen LogP contribution is -2.59. The zero-order valence-corrected chi connectivity index (χ0v) is 24.5. The lowest BCUT2D eigenvalue weighted by atomic mass is 9.96. The van der Waals surface area contributed by atoms with Gasteiger partial charge < -0.3 is 29.9 Å². The molecule has 0 radical (unpaired) electrons. The zero-order chi connectivity index (χ0) is 29.3. The first-order chi connectivity index (χ1) is 19.6. The van der Waals surface area contributed by atoms with Crippen LogP contribution in [0.15, 0.2) is 53.4 Å². The van der Waals surface area contributed by atoms with Crippen molar-refractivity contribution in [1.82, 2.24) is 9.62 Å². The molecule has 1 aromatic heterocycles. The molecule has 2 fully saturated rings. The molecule has 4 N–H and O–H groups in total. The molecule has 1 unspecified atom stereocenters. The normalized spacial score (nSPS) is 26.3. The van der Waals surface area contributed by atoms with Crippen molar-refractivity contribution in [3.63, 3.8) is 0 Å². The van der Waals surface area contributed by atoms with E-state index in [0.29, 0.717) is 4.88 Å². The van der Waals surface area contributed by atoms with E-state index in [0.717, 1.165) is 47.4 Å². The van der Waals surface area contributed by atoms with E-state index in [1.807, 2.05) is 12.1 Å². The number of likely N-dealkylation sites (N-methyl/N-ethyl adjacent to an activating group) is 1. The van der Waals surface area contributed by atoms with Gasteiger partial charge in [0.25, 0.3) is 10.0 Å². The smallest absolute Gasteiger partial charge is 0.250 e. The van der Waals surface area contributed by atoms with Crippen LogP contribution in [0.5, 0.6) is 0 Å². The van der Waals surface area contributed by atoms with Gasteiger partial charge in [-0.1, -0.05) is 18.2 Å². The molecule has 12 heteroatoms. The van der Waals surface area contributed by atoms with Gasteiger partial charge in [0.15, 0.2) is 4.91 Å². The Balaban J connectivity index is 1.29. The molecule has 3 aromatic rings. The molecule has 5 atom stereocenters. The van der Waals surface area contributed by atoms with Crippen molar-refractivity contribution in [3.05, 3.63) is 58.3 Å². The van der Waals surface area contributed by atoms with Gasteiger partial charge in [0, 0.05) is 48.2 Å². The number of thiophene rings is 1. The monoisotopic (exact) mass is 598 g/mol. The molecule has 5 rings (SSSR count). The number of aliphatic hydroxyl groups is 3. The maximum Gasteiger partial charge on any atom is 0.250 e. The summed E-state index contributed by atoms with van der Waals surface area (Å²) in [5, 5.41) is 41.8. The Bertz CT molecular complexity index is 1580. The van der Waals surface area contributed by atoms with Gasteiger partial charge >= 0.3 is 0 Å². The zero-order valence-electron chi connectivity index (χ0n) is 22.8. The molecule has 2 aromatic carbocycles. The summed E-state index contributed by atoms with van der Waals surface area (Å²) in [4.78, 5) is 5.77. The molecule has 2 aliphatic rings. The number of nitrogens with zero attached hydrogens (tertiary/aromatic N) is 3. The van der Waals surface area contributed by atoms with Gasteiger partial charge in [-0.05, 0) is 66.7 Å². The minimum Gasteiger partial charge on any atom is -0.388 e. The largest absolute Gasteiger partial charge is 0.388 e. The molecular weight excluding hydrogens is 564 g/mol. The molecule has 218 valence electrons. The second-order valence-corrected chi connectivity index (χ2v) is 13.4. The van der Waals surface area contributed by atoms with Crippen LogP contribution in [0.4, 0.5) is 5.69 Å². The highest BCUT2D eigenvalue weighted by Gasteiger charge is 2.42. The summed E-state index contributed by atoms with van der Waals surface area (Å²) in [6.07, 6.45) is -4.83. The average Bonchev–Trinajstić information content (AvgIpc) is 3.44. The molecule has 3 heterocycles. The summed E-state index contributed by atoms with van der Waals surface area (Å²) < 4.78 is 33.5. The fourth-order valence-corrected chi connectivity index (χ4v) is 7.07. The maximum atomic E-state index is 12.9. The fraction of sp³-hybridized carbons (Fsp3) is 0.414. The van der Waals surface area contributed by atoms with Crippen LogP contribution < -0.4 is 9.62 Å². The third-order valence-electron chi connectivity index (χ3n) is 7.70. The number of ether oxygens (including phenoxy) is 1. The van der Waals surface area contributed by atoms with Crippen LogP contribution in [-0.2, 0) is 14.8 Å². The van der Waals surface area contributed by atoms with E-state index >= 15 is 0 Å². The second-order valence-electron chi connectivity index (χ2n) is 10.6. The number of nitriles is 1. The van der Waals surface area contributed by atoms with Gasteiger partial charge in [-0.2, -0.15) is 5.26 Å². The number of anilines is 1. The van der Waals surface area contributed by atoms with Gasteiger partial charge in [-0.15, -0.1) is 11.3 Å². The van der Waals surface area contributed by atoms with Crippen molar-refractivity contribution < 1.29 is 28.5 Å². The Hall–Kier alpha value is -2.86. The molecule has 2 saturated heterocycles. The van der Waals surface area contributed by atoms with Crippen LogP contribution in [0.2, 0.25) is 0 Å². The number of nitrogens with one attached hydrogen (secondary N) is 1. The van der Waals surface area contributed by atoms with E-state index < -0.39 is 45.4 Å². The standard InChI is InChI=1S/C29H34N4O6S2/c1-18-27(34)29(36)28(35)25(39-18)17-31-41(37,38)24(16-30)15-23-7-8-26(40-23)21-4-3-20-14-22(6-5-19(20)13-21)33-11-9-32(2)10-12-33/h3-8,13-15,18,25,27-29,31,34-36H,9-12,17H2,1-2H3/b24-15+/t18?,25-,27+,28-,29-/m1/s1. The van der Waals surface area contributed by atoms with Crippen LogP contribution in [0.25, 0.3) is 27.3 Å². The minimum absolute atomic E-state index is 0.375. The average molecular weight is 599 g/mol. The number of hydrogen-bond acceptors (Lipinski definition) is 10. The van der Waals surface area contributed by atoms with Gasteiger partial charge in [0.05, 0.1) is 6.10 Å². The first kappa shape index (κ1) is 29.6. The predicted molar refractivity (Wildman–Crippen MR) is 160 cm³/mol. The Morgan fingerprint density at radius 1 is 1.05 bits per heavy atom. The fourth-order valence-electron chi connectivity index (χ4n) is 5.11. The second kappa shape index (κ2) is 12.2. The quantitative estimate of drug-likeness (QED) is 0.300. The number of hydrogen-bond donors (Lipinski definition) is 4. The molecular formula is C29H34N4O6S2. The first-order valence-electron chi connectivity index (χ1n) is 13.4. The van der Waals surface area contributed by atoms with Crippen LogP contribution in [0, 0.1) is 11.3 Å². The third kappa shape index (κ3) is 6.48. The summed E-state index contributed by atoms with van der Waals surface area (Å²) >= 11 is 1.37. The highest BCUT2D eigenvalue weighted by molar-refractivity contribution is 7.93. The van der Waals surface area contributed by atoms with Crippen molar-refractivity contribution >= 4 is 43.9 Å². The van der Waals surface area contributed by atoms with Crippen LogP contribution in [0.3, 0.4) is 0 Å². The Labute approximate surface area is 243 Å². The number of rotatable bonds is 7. The van der Waals surface area contributed by atoms with E-state index in [2.05, 4.69) is 51.9 Å². The molecule has 0 spiro atoms. The third-order valence-corrected chi connectivity index (χ3v) is 10.1. The minimum atomic E-state index is -4.23. The maximum absolute atomic E-state index is 12.9. The van der Waals surface area contributed by atoms with E-state index in [4.69, 9.17) is 4.74 Å². The highest BCUT2D eigenvalue weighted by atomic mass is 32.2. The summed E-state index contributed by atoms with van der Waals surface area (Å²) in [5.41, 5.74) is 2.21. The van der Waals surface area contributed by atoms with E-state index in [-0.39, 0.29) is 6.54 Å².